The molecule has 0 spiro atoms. The number of benzene rings is 1. The third-order valence-corrected chi connectivity index (χ3v) is 3.83. The van der Waals surface area contributed by atoms with E-state index in [4.69, 9.17) is 23.2 Å². The molecular formula is C13H16Cl2N2O. The first-order valence-corrected chi connectivity index (χ1v) is 6.84. The van der Waals surface area contributed by atoms with Crippen LogP contribution < -0.4 is 5.32 Å². The Labute approximate surface area is 117 Å². The van der Waals surface area contributed by atoms with E-state index in [1.807, 2.05) is 17.9 Å². The molecule has 0 aliphatic carbocycles. The number of carbonyl (C=O) groups is 1. The summed E-state index contributed by atoms with van der Waals surface area (Å²) in [6.07, 6.45) is 2.20. The topological polar surface area (TPSA) is 32.3 Å². The summed E-state index contributed by atoms with van der Waals surface area (Å²) < 4.78 is 0. The van der Waals surface area contributed by atoms with Crippen LogP contribution >= 0.6 is 23.2 Å². The Hall–Kier alpha value is -0.930. The van der Waals surface area contributed by atoms with E-state index in [1.54, 1.807) is 12.1 Å². The lowest BCUT2D eigenvalue weighted by molar-refractivity contribution is -0.130. The van der Waals surface area contributed by atoms with Gasteiger partial charge in [-0.3, -0.25) is 4.79 Å². The van der Waals surface area contributed by atoms with Crippen molar-refractivity contribution in [1.82, 2.24) is 4.90 Å². The zero-order valence-corrected chi connectivity index (χ0v) is 11.8. The number of nitrogens with one attached hydrogen (secondary N) is 1. The van der Waals surface area contributed by atoms with Gasteiger partial charge in [-0.05, 0) is 38.0 Å². The van der Waals surface area contributed by atoms with E-state index in [0.717, 1.165) is 31.6 Å². The lowest BCUT2D eigenvalue weighted by Crippen LogP contribution is -2.39. The average molecular weight is 287 g/mol. The fourth-order valence-electron chi connectivity index (χ4n) is 2.11. The van der Waals surface area contributed by atoms with Crippen LogP contribution in [0, 0.1) is 0 Å². The zero-order valence-electron chi connectivity index (χ0n) is 10.2. The van der Waals surface area contributed by atoms with Crippen LogP contribution in [0.2, 0.25) is 10.0 Å². The maximum atomic E-state index is 12.1. The molecule has 1 aliphatic heterocycles. The summed E-state index contributed by atoms with van der Waals surface area (Å²) >= 11 is 11.8. The molecule has 0 radical (unpaired) electrons. The Morgan fingerprint density at radius 1 is 1.28 bits per heavy atom. The summed E-state index contributed by atoms with van der Waals surface area (Å²) in [7, 11) is 0. The van der Waals surface area contributed by atoms with E-state index < -0.39 is 0 Å². The number of likely N-dealkylation sites (tertiary alicyclic amines) is 1. The van der Waals surface area contributed by atoms with Crippen molar-refractivity contribution in [3.63, 3.8) is 0 Å². The maximum Gasteiger partial charge on any atom is 0.244 e. The van der Waals surface area contributed by atoms with Gasteiger partial charge in [-0.15, -0.1) is 0 Å². The minimum Gasteiger partial charge on any atom is -0.374 e. The normalized spacial score (nSPS) is 16.7. The molecule has 0 bridgehead atoms. The number of rotatable bonds is 3. The predicted octanol–water partition coefficient (Wildman–Crippen LogP) is 3.42. The van der Waals surface area contributed by atoms with E-state index >= 15 is 0 Å². The summed E-state index contributed by atoms with van der Waals surface area (Å²) in [4.78, 5) is 14.0. The summed E-state index contributed by atoms with van der Waals surface area (Å²) in [5, 5.41) is 4.16. The van der Waals surface area contributed by atoms with Crippen LogP contribution in [0.15, 0.2) is 18.2 Å². The van der Waals surface area contributed by atoms with Crippen molar-refractivity contribution in [1.29, 1.82) is 0 Å². The summed E-state index contributed by atoms with van der Waals surface area (Å²) in [6, 6.07) is 5.03. The molecule has 18 heavy (non-hydrogen) atoms. The smallest absolute Gasteiger partial charge is 0.244 e. The molecule has 2 rings (SSSR count). The first kappa shape index (κ1) is 13.5. The monoisotopic (exact) mass is 286 g/mol. The van der Waals surface area contributed by atoms with Crippen LogP contribution in [-0.4, -0.2) is 29.9 Å². The molecule has 1 fully saturated rings. The molecule has 3 nitrogen and oxygen atoms in total. The highest BCUT2D eigenvalue weighted by molar-refractivity contribution is 6.42. The Morgan fingerprint density at radius 3 is 2.56 bits per heavy atom. The van der Waals surface area contributed by atoms with Gasteiger partial charge in [-0.25, -0.2) is 0 Å². The van der Waals surface area contributed by atoms with Crippen LogP contribution in [0.1, 0.15) is 19.8 Å². The molecule has 1 N–H and O–H groups in total. The van der Waals surface area contributed by atoms with E-state index in [2.05, 4.69) is 5.32 Å². The third kappa shape index (κ3) is 3.09. The van der Waals surface area contributed by atoms with E-state index in [-0.39, 0.29) is 11.9 Å². The molecule has 0 saturated carbocycles. The second-order valence-corrected chi connectivity index (χ2v) is 5.34. The highest BCUT2D eigenvalue weighted by atomic mass is 35.5. The van der Waals surface area contributed by atoms with Crippen LogP contribution in [0.5, 0.6) is 0 Å². The standard InChI is InChI=1S/C13H16Cl2N2O/c1-9(13(18)17-6-2-3-7-17)16-10-4-5-11(14)12(15)8-10/h4-5,8-9,16H,2-3,6-7H2,1H3. The number of halogens is 2. The Bertz CT molecular complexity index is 445. The minimum atomic E-state index is -0.250. The molecule has 1 atom stereocenters. The molecule has 0 aromatic heterocycles. The number of carbonyl (C=O) groups excluding carboxylic acids is 1. The van der Waals surface area contributed by atoms with Gasteiger partial charge in [0.05, 0.1) is 10.0 Å². The lowest BCUT2D eigenvalue weighted by Gasteiger charge is -2.22. The number of anilines is 1. The summed E-state index contributed by atoms with van der Waals surface area (Å²) in [5.74, 6) is 0.138. The maximum absolute atomic E-state index is 12.1. The second kappa shape index (κ2) is 5.81. The van der Waals surface area contributed by atoms with Crippen molar-refractivity contribution >= 4 is 34.8 Å². The molecular weight excluding hydrogens is 271 g/mol. The first-order chi connectivity index (χ1) is 8.58. The summed E-state index contributed by atoms with van der Waals surface area (Å²) in [6.45, 7) is 3.60. The number of amides is 1. The number of nitrogens with zero attached hydrogens (tertiary/aromatic N) is 1. The SMILES string of the molecule is CC(Nc1ccc(Cl)c(Cl)c1)C(=O)N1CCCC1. The Balaban J connectivity index is 1.99. The van der Waals surface area contributed by atoms with Crippen molar-refractivity contribution in [3.05, 3.63) is 28.2 Å². The molecule has 1 heterocycles. The fourth-order valence-corrected chi connectivity index (χ4v) is 2.41. The number of hydrogen-bond acceptors (Lipinski definition) is 2. The van der Waals surface area contributed by atoms with E-state index in [0.29, 0.717) is 10.0 Å². The lowest BCUT2D eigenvalue weighted by atomic mass is 10.2. The van der Waals surface area contributed by atoms with Gasteiger partial charge in [-0.1, -0.05) is 23.2 Å². The highest BCUT2D eigenvalue weighted by Crippen LogP contribution is 2.25. The second-order valence-electron chi connectivity index (χ2n) is 4.53. The molecule has 5 heteroatoms. The van der Waals surface area contributed by atoms with Gasteiger partial charge in [0.15, 0.2) is 0 Å². The minimum absolute atomic E-state index is 0.138. The molecule has 1 saturated heterocycles. The largest absolute Gasteiger partial charge is 0.374 e. The molecule has 1 aliphatic rings. The molecule has 98 valence electrons. The van der Waals surface area contributed by atoms with E-state index in [9.17, 15) is 4.79 Å². The van der Waals surface area contributed by atoms with Gasteiger partial charge < -0.3 is 10.2 Å². The van der Waals surface area contributed by atoms with Gasteiger partial charge in [0.1, 0.15) is 6.04 Å². The predicted molar refractivity (Wildman–Crippen MR) is 75.4 cm³/mol. The zero-order chi connectivity index (χ0) is 13.1. The fraction of sp³-hybridized carbons (Fsp3) is 0.462. The molecule has 1 aromatic carbocycles. The third-order valence-electron chi connectivity index (χ3n) is 3.09. The van der Waals surface area contributed by atoms with Gasteiger partial charge in [0, 0.05) is 18.8 Å². The molecule has 1 aromatic rings. The highest BCUT2D eigenvalue weighted by Gasteiger charge is 2.22. The van der Waals surface area contributed by atoms with Gasteiger partial charge in [-0.2, -0.15) is 0 Å². The Morgan fingerprint density at radius 2 is 1.94 bits per heavy atom. The van der Waals surface area contributed by atoms with Gasteiger partial charge >= 0.3 is 0 Å². The van der Waals surface area contributed by atoms with Crippen molar-refractivity contribution in [2.24, 2.45) is 0 Å². The molecule has 1 amide bonds. The molecule has 1 unspecified atom stereocenters. The van der Waals surface area contributed by atoms with Crippen LogP contribution in [0.3, 0.4) is 0 Å². The van der Waals surface area contributed by atoms with Crippen molar-refractivity contribution in [3.8, 4) is 0 Å². The quantitative estimate of drug-likeness (QED) is 0.924. The van der Waals surface area contributed by atoms with Crippen molar-refractivity contribution in [2.45, 2.75) is 25.8 Å². The van der Waals surface area contributed by atoms with Crippen LogP contribution in [0.4, 0.5) is 5.69 Å². The van der Waals surface area contributed by atoms with E-state index in [1.165, 1.54) is 0 Å². The summed E-state index contributed by atoms with van der Waals surface area (Å²) in [5.41, 5.74) is 0.810. The van der Waals surface area contributed by atoms with Crippen molar-refractivity contribution in [2.75, 3.05) is 18.4 Å². The van der Waals surface area contributed by atoms with Crippen LogP contribution in [-0.2, 0) is 4.79 Å². The van der Waals surface area contributed by atoms with Crippen LogP contribution in [0.25, 0.3) is 0 Å². The van der Waals surface area contributed by atoms with Gasteiger partial charge in [0.25, 0.3) is 0 Å². The van der Waals surface area contributed by atoms with Crippen molar-refractivity contribution < 1.29 is 4.79 Å². The van der Waals surface area contributed by atoms with Gasteiger partial charge in [0.2, 0.25) is 5.91 Å². The average Bonchev–Trinajstić information content (AvgIpc) is 2.86. The first-order valence-electron chi connectivity index (χ1n) is 6.08. The Kier molecular flexibility index (Phi) is 4.36. The number of hydrogen-bond donors (Lipinski definition) is 1.